The molecule has 0 fully saturated rings. The van der Waals surface area contributed by atoms with Gasteiger partial charge in [0.15, 0.2) is 0 Å². The zero-order valence-corrected chi connectivity index (χ0v) is 13.2. The molecule has 0 radical (unpaired) electrons. The average molecular weight is 314 g/mol. The first kappa shape index (κ1) is 15.1. The van der Waals surface area contributed by atoms with Gasteiger partial charge in [-0.15, -0.1) is 0 Å². The van der Waals surface area contributed by atoms with E-state index in [2.05, 4.69) is 15.4 Å². The van der Waals surface area contributed by atoms with E-state index in [4.69, 9.17) is 9.47 Å². The summed E-state index contributed by atoms with van der Waals surface area (Å²) in [5, 5.41) is 7.42. The first-order chi connectivity index (χ1) is 11.2. The van der Waals surface area contributed by atoms with Crippen LogP contribution in [0.4, 0.5) is 5.95 Å². The minimum absolute atomic E-state index is 0.386. The Bertz CT molecular complexity index is 766. The van der Waals surface area contributed by atoms with E-state index in [0.29, 0.717) is 23.7 Å². The number of hydrogen-bond donors (Lipinski definition) is 1. The molecule has 1 aromatic heterocycles. The Hall–Kier alpha value is -2.83. The summed E-state index contributed by atoms with van der Waals surface area (Å²) in [6.45, 7) is 1.97. The third kappa shape index (κ3) is 2.54. The van der Waals surface area contributed by atoms with Crippen LogP contribution >= 0.6 is 0 Å². The van der Waals surface area contributed by atoms with Crippen molar-refractivity contribution in [1.29, 1.82) is 0 Å². The number of nitrogens with zero attached hydrogens (tertiary/aromatic N) is 3. The Kier molecular flexibility index (Phi) is 4.01. The van der Waals surface area contributed by atoms with Crippen LogP contribution in [0.5, 0.6) is 5.75 Å². The largest absolute Gasteiger partial charge is 0.497 e. The molecular formula is C16H18N4O3. The number of hydrogen-bond acceptors (Lipinski definition) is 6. The third-order valence-corrected chi connectivity index (χ3v) is 3.85. The van der Waals surface area contributed by atoms with Crippen LogP contribution in [-0.2, 0) is 9.53 Å². The van der Waals surface area contributed by atoms with Crippen LogP contribution in [0.15, 0.2) is 41.9 Å². The zero-order valence-electron chi connectivity index (χ0n) is 13.2. The van der Waals surface area contributed by atoms with E-state index >= 15 is 0 Å². The summed E-state index contributed by atoms with van der Waals surface area (Å²) in [7, 11) is 2.99. The van der Waals surface area contributed by atoms with Gasteiger partial charge in [-0.1, -0.05) is 19.1 Å². The Morgan fingerprint density at radius 1 is 1.39 bits per heavy atom. The second kappa shape index (κ2) is 6.12. The molecule has 1 aromatic carbocycles. The molecule has 0 bridgehead atoms. The van der Waals surface area contributed by atoms with E-state index in [1.54, 1.807) is 11.8 Å². The van der Waals surface area contributed by atoms with Gasteiger partial charge >= 0.3 is 5.97 Å². The maximum Gasteiger partial charge on any atom is 0.338 e. The molecule has 0 saturated heterocycles. The molecule has 2 heterocycles. The minimum atomic E-state index is -0.411. The summed E-state index contributed by atoms with van der Waals surface area (Å²) in [5.74, 6) is 0.926. The highest BCUT2D eigenvalue weighted by molar-refractivity contribution is 5.92. The van der Waals surface area contributed by atoms with Crippen LogP contribution in [0.3, 0.4) is 0 Å². The first-order valence-electron chi connectivity index (χ1n) is 7.31. The van der Waals surface area contributed by atoms with E-state index in [0.717, 1.165) is 11.3 Å². The van der Waals surface area contributed by atoms with Gasteiger partial charge in [0.25, 0.3) is 0 Å². The van der Waals surface area contributed by atoms with Crippen LogP contribution in [-0.4, -0.2) is 35.0 Å². The van der Waals surface area contributed by atoms with Crippen LogP contribution in [0.1, 0.15) is 24.9 Å². The fourth-order valence-electron chi connectivity index (χ4n) is 2.76. The van der Waals surface area contributed by atoms with Crippen molar-refractivity contribution >= 4 is 11.9 Å². The van der Waals surface area contributed by atoms with Crippen molar-refractivity contribution in [1.82, 2.24) is 14.8 Å². The molecule has 1 aliphatic rings. The molecule has 7 nitrogen and oxygen atoms in total. The Balaban J connectivity index is 2.20. The van der Waals surface area contributed by atoms with Gasteiger partial charge in [0, 0.05) is 5.70 Å². The van der Waals surface area contributed by atoms with E-state index in [9.17, 15) is 4.79 Å². The number of aromatic nitrogens is 3. The number of carbonyl (C=O) groups excluding carboxylic acids is 1. The number of allylic oxidation sites excluding steroid dienone is 1. The molecule has 0 aliphatic carbocycles. The number of anilines is 1. The summed E-state index contributed by atoms with van der Waals surface area (Å²) >= 11 is 0. The Morgan fingerprint density at radius 3 is 2.91 bits per heavy atom. The average Bonchev–Trinajstić information content (AvgIpc) is 3.07. The molecule has 0 amide bonds. The van der Waals surface area contributed by atoms with Crippen LogP contribution < -0.4 is 10.1 Å². The van der Waals surface area contributed by atoms with Gasteiger partial charge < -0.3 is 14.8 Å². The topological polar surface area (TPSA) is 78.3 Å². The third-order valence-electron chi connectivity index (χ3n) is 3.85. The lowest BCUT2D eigenvalue weighted by atomic mass is 9.94. The van der Waals surface area contributed by atoms with Gasteiger partial charge in [0.1, 0.15) is 18.1 Å². The molecule has 120 valence electrons. The quantitative estimate of drug-likeness (QED) is 0.871. The fraction of sp³-hybridized carbons (Fsp3) is 0.312. The van der Waals surface area contributed by atoms with E-state index in [1.807, 2.05) is 31.2 Å². The second-order valence-corrected chi connectivity index (χ2v) is 5.07. The molecule has 1 unspecified atom stereocenters. The molecule has 1 aliphatic heterocycles. The van der Waals surface area contributed by atoms with E-state index < -0.39 is 6.04 Å². The molecule has 7 heteroatoms. The predicted octanol–water partition coefficient (Wildman–Crippen LogP) is 2.14. The number of nitrogens with one attached hydrogen (secondary N) is 1. The van der Waals surface area contributed by atoms with Crippen LogP contribution in [0.25, 0.3) is 0 Å². The molecule has 0 saturated carbocycles. The maximum atomic E-state index is 12.4. The first-order valence-corrected chi connectivity index (χ1v) is 7.31. The van der Waals surface area contributed by atoms with Gasteiger partial charge in [0.05, 0.1) is 19.8 Å². The Labute approximate surface area is 133 Å². The molecule has 0 spiro atoms. The smallest absolute Gasteiger partial charge is 0.338 e. The highest BCUT2D eigenvalue weighted by atomic mass is 16.5. The van der Waals surface area contributed by atoms with E-state index in [1.165, 1.54) is 13.4 Å². The van der Waals surface area contributed by atoms with Gasteiger partial charge in [-0.2, -0.15) is 10.1 Å². The number of ether oxygens (including phenoxy) is 2. The Morgan fingerprint density at radius 2 is 2.22 bits per heavy atom. The highest BCUT2D eigenvalue weighted by Crippen LogP contribution is 2.36. The van der Waals surface area contributed by atoms with Crippen molar-refractivity contribution in [2.24, 2.45) is 0 Å². The van der Waals surface area contributed by atoms with Crippen molar-refractivity contribution < 1.29 is 14.3 Å². The molecular weight excluding hydrogens is 296 g/mol. The maximum absolute atomic E-state index is 12.4. The number of esters is 1. The number of carbonyl (C=O) groups is 1. The van der Waals surface area contributed by atoms with Crippen molar-refractivity contribution in [3.05, 3.63) is 47.4 Å². The summed E-state index contributed by atoms with van der Waals surface area (Å²) in [5.41, 5.74) is 2.19. The van der Waals surface area contributed by atoms with Crippen molar-refractivity contribution in [3.8, 4) is 5.75 Å². The highest BCUT2D eigenvalue weighted by Gasteiger charge is 2.34. The minimum Gasteiger partial charge on any atom is -0.497 e. The molecule has 1 N–H and O–H groups in total. The zero-order chi connectivity index (χ0) is 16.4. The number of fused-ring (bicyclic) bond motifs is 1. The molecule has 23 heavy (non-hydrogen) atoms. The van der Waals surface area contributed by atoms with E-state index in [-0.39, 0.29) is 5.97 Å². The molecule has 3 rings (SSSR count). The fourth-order valence-corrected chi connectivity index (χ4v) is 2.76. The summed E-state index contributed by atoms with van der Waals surface area (Å²) in [4.78, 5) is 16.6. The van der Waals surface area contributed by atoms with Crippen LogP contribution in [0.2, 0.25) is 0 Å². The summed E-state index contributed by atoms with van der Waals surface area (Å²) in [6, 6.07) is 7.14. The lowest BCUT2D eigenvalue weighted by Crippen LogP contribution is -2.30. The van der Waals surface area contributed by atoms with Gasteiger partial charge in [-0.25, -0.2) is 9.48 Å². The summed E-state index contributed by atoms with van der Waals surface area (Å²) < 4.78 is 12.0. The van der Waals surface area contributed by atoms with Crippen molar-refractivity contribution in [3.63, 3.8) is 0 Å². The number of methoxy groups -OCH3 is 2. The standard InChI is InChI=1S/C16H18N4O3/c1-4-12-13(15(21)23-3)14(20-16(19-12)17-9-18-20)10-6-5-7-11(8-10)22-2/h5-9,14H,4H2,1-3H3,(H,17,18,19). The van der Waals surface area contributed by atoms with Gasteiger partial charge in [-0.3, -0.25) is 0 Å². The van der Waals surface area contributed by atoms with Gasteiger partial charge in [-0.05, 0) is 24.1 Å². The lowest BCUT2D eigenvalue weighted by molar-refractivity contribution is -0.136. The predicted molar refractivity (Wildman–Crippen MR) is 84.1 cm³/mol. The molecule has 1 atom stereocenters. The monoisotopic (exact) mass is 314 g/mol. The van der Waals surface area contributed by atoms with Crippen molar-refractivity contribution in [2.45, 2.75) is 19.4 Å². The van der Waals surface area contributed by atoms with Crippen molar-refractivity contribution in [2.75, 3.05) is 19.5 Å². The number of rotatable bonds is 4. The second-order valence-electron chi connectivity index (χ2n) is 5.07. The molecule has 2 aromatic rings. The lowest BCUT2D eigenvalue weighted by Gasteiger charge is -2.29. The number of benzene rings is 1. The van der Waals surface area contributed by atoms with Gasteiger partial charge in [0.2, 0.25) is 5.95 Å². The summed E-state index contributed by atoms with van der Waals surface area (Å²) in [6.07, 6.45) is 2.11. The normalized spacial score (nSPS) is 16.6. The SMILES string of the molecule is CCC1=C(C(=O)OC)C(c2cccc(OC)c2)n2ncnc2N1. The van der Waals surface area contributed by atoms with Crippen LogP contribution in [0, 0.1) is 0 Å².